The van der Waals surface area contributed by atoms with Gasteiger partial charge in [0.2, 0.25) is 0 Å². The highest BCUT2D eigenvalue weighted by molar-refractivity contribution is 7.10. The lowest BCUT2D eigenvalue weighted by molar-refractivity contribution is -0.136. The van der Waals surface area contributed by atoms with Gasteiger partial charge < -0.3 is 10.1 Å². The Morgan fingerprint density at radius 2 is 2.40 bits per heavy atom. The van der Waals surface area contributed by atoms with E-state index in [2.05, 4.69) is 33.6 Å². The van der Waals surface area contributed by atoms with Crippen molar-refractivity contribution in [3.63, 3.8) is 0 Å². The van der Waals surface area contributed by atoms with Crippen LogP contribution in [0.15, 0.2) is 22.3 Å². The molecular weight excluding hydrogens is 354 g/mol. The molecular formula is C18H23N3O2S2. The lowest BCUT2D eigenvalue weighted by Crippen LogP contribution is -2.64. The van der Waals surface area contributed by atoms with Crippen molar-refractivity contribution < 1.29 is 9.53 Å². The van der Waals surface area contributed by atoms with E-state index in [4.69, 9.17) is 4.74 Å². The highest BCUT2D eigenvalue weighted by Gasteiger charge is 2.52. The van der Waals surface area contributed by atoms with Gasteiger partial charge in [0.25, 0.3) is 5.91 Å². The zero-order valence-electron chi connectivity index (χ0n) is 14.4. The van der Waals surface area contributed by atoms with E-state index in [1.54, 1.807) is 10.9 Å². The number of carbonyl (C=O) groups excluding carboxylic acids is 1. The SMILES string of the molecule is Cc1ccsc1CN1CC2(C1)OCC[C@H]2CCNC(=O)c1cscn1. The van der Waals surface area contributed by atoms with Crippen LogP contribution in [-0.2, 0) is 11.3 Å². The summed E-state index contributed by atoms with van der Waals surface area (Å²) < 4.78 is 6.14. The fourth-order valence-corrected chi connectivity index (χ4v) is 5.39. The minimum atomic E-state index is -0.0716. The second kappa shape index (κ2) is 7.15. The van der Waals surface area contributed by atoms with Crippen LogP contribution in [0.3, 0.4) is 0 Å². The van der Waals surface area contributed by atoms with Gasteiger partial charge in [-0.2, -0.15) is 0 Å². The predicted octanol–water partition coefficient (Wildman–Crippen LogP) is 2.92. The van der Waals surface area contributed by atoms with Crippen molar-refractivity contribution in [3.05, 3.63) is 38.5 Å². The van der Waals surface area contributed by atoms with Crippen molar-refractivity contribution in [2.24, 2.45) is 5.92 Å². The van der Waals surface area contributed by atoms with Gasteiger partial charge in [0.15, 0.2) is 0 Å². The Balaban J connectivity index is 1.26. The quantitative estimate of drug-likeness (QED) is 0.841. The van der Waals surface area contributed by atoms with Gasteiger partial charge in [-0.25, -0.2) is 4.98 Å². The van der Waals surface area contributed by atoms with Gasteiger partial charge in [-0.1, -0.05) is 0 Å². The molecule has 1 N–H and O–H groups in total. The van der Waals surface area contributed by atoms with Gasteiger partial charge >= 0.3 is 0 Å². The number of nitrogens with zero attached hydrogens (tertiary/aromatic N) is 2. The Kier molecular flexibility index (Phi) is 4.90. The van der Waals surface area contributed by atoms with Crippen molar-refractivity contribution >= 4 is 28.6 Å². The summed E-state index contributed by atoms with van der Waals surface area (Å²) in [5.41, 5.74) is 3.60. The van der Waals surface area contributed by atoms with Gasteiger partial charge in [-0.3, -0.25) is 9.69 Å². The molecule has 4 rings (SSSR count). The number of rotatable bonds is 6. The second-order valence-corrected chi connectivity index (χ2v) is 8.71. The molecule has 1 amide bonds. The fraction of sp³-hybridized carbons (Fsp3) is 0.556. The van der Waals surface area contributed by atoms with E-state index in [1.807, 2.05) is 11.3 Å². The molecule has 2 aromatic heterocycles. The molecule has 1 atom stereocenters. The molecule has 2 fully saturated rings. The van der Waals surface area contributed by atoms with Crippen molar-refractivity contribution in [2.45, 2.75) is 31.9 Å². The number of nitrogens with one attached hydrogen (secondary N) is 1. The second-order valence-electron chi connectivity index (χ2n) is 6.99. The number of aryl methyl sites for hydroxylation is 1. The molecule has 0 aromatic carbocycles. The Labute approximate surface area is 156 Å². The molecule has 0 bridgehead atoms. The first-order valence-corrected chi connectivity index (χ1v) is 10.5. The highest BCUT2D eigenvalue weighted by Crippen LogP contribution is 2.42. The third-order valence-electron chi connectivity index (χ3n) is 5.36. The zero-order valence-corrected chi connectivity index (χ0v) is 16.0. The van der Waals surface area contributed by atoms with E-state index in [1.165, 1.54) is 21.8 Å². The van der Waals surface area contributed by atoms with Crippen LogP contribution in [-0.4, -0.2) is 47.6 Å². The van der Waals surface area contributed by atoms with Gasteiger partial charge in [-0.05, 0) is 42.7 Å². The van der Waals surface area contributed by atoms with Crippen molar-refractivity contribution in [1.29, 1.82) is 0 Å². The number of ether oxygens (including phenoxy) is 1. The lowest BCUT2D eigenvalue weighted by atomic mass is 9.79. The van der Waals surface area contributed by atoms with Crippen molar-refractivity contribution in [2.75, 3.05) is 26.2 Å². The molecule has 2 aliphatic rings. The largest absolute Gasteiger partial charge is 0.372 e. The summed E-state index contributed by atoms with van der Waals surface area (Å²) >= 11 is 3.28. The third-order valence-corrected chi connectivity index (χ3v) is 6.96. The van der Waals surface area contributed by atoms with Crippen LogP contribution < -0.4 is 5.32 Å². The number of thiazole rings is 1. The fourth-order valence-electron chi connectivity index (χ4n) is 3.91. The van der Waals surface area contributed by atoms with Crippen molar-refractivity contribution in [1.82, 2.24) is 15.2 Å². The molecule has 2 aliphatic heterocycles. The van der Waals surface area contributed by atoms with Gasteiger partial charge in [0, 0.05) is 43.0 Å². The van der Waals surface area contributed by atoms with Crippen LogP contribution >= 0.6 is 22.7 Å². The minimum Gasteiger partial charge on any atom is -0.372 e. The van der Waals surface area contributed by atoms with Gasteiger partial charge in [0.05, 0.1) is 11.1 Å². The molecule has 25 heavy (non-hydrogen) atoms. The van der Waals surface area contributed by atoms with Crippen LogP contribution in [0.1, 0.15) is 33.8 Å². The number of amides is 1. The Morgan fingerprint density at radius 3 is 3.12 bits per heavy atom. The standard InChI is InChI=1S/C18H23N3O2S2/c1-13-4-7-25-16(13)8-21-10-18(11-21)14(3-6-23-18)2-5-19-17(22)15-9-24-12-20-15/h4,7,9,12,14H,2-3,5-6,8,10-11H2,1H3,(H,19,22)/t14-/m1/s1. The van der Waals surface area contributed by atoms with E-state index >= 15 is 0 Å². The lowest BCUT2D eigenvalue weighted by Gasteiger charge is -2.50. The summed E-state index contributed by atoms with van der Waals surface area (Å²) in [7, 11) is 0. The topological polar surface area (TPSA) is 54.5 Å². The number of likely N-dealkylation sites (tertiary alicyclic amines) is 1. The maximum Gasteiger partial charge on any atom is 0.270 e. The number of hydrogen-bond acceptors (Lipinski definition) is 6. The maximum absolute atomic E-state index is 12.0. The minimum absolute atomic E-state index is 0.0104. The average Bonchev–Trinajstić information content (AvgIpc) is 3.29. The number of thiophene rings is 1. The molecule has 0 aliphatic carbocycles. The molecule has 2 saturated heterocycles. The van der Waals surface area contributed by atoms with Crippen LogP contribution in [0.5, 0.6) is 0 Å². The summed E-state index contributed by atoms with van der Waals surface area (Å²) in [6.07, 6.45) is 2.07. The normalized spacial score (nSPS) is 22.2. The molecule has 0 radical (unpaired) electrons. The molecule has 134 valence electrons. The molecule has 0 unspecified atom stereocenters. The van der Waals surface area contributed by atoms with E-state index in [0.29, 0.717) is 18.2 Å². The molecule has 2 aromatic rings. The first-order chi connectivity index (χ1) is 12.2. The summed E-state index contributed by atoms with van der Waals surface area (Å²) in [6.45, 7) is 6.76. The van der Waals surface area contributed by atoms with Crippen LogP contribution in [0.2, 0.25) is 0 Å². The molecule has 7 heteroatoms. The third kappa shape index (κ3) is 3.51. The number of carbonyl (C=O) groups is 1. The Morgan fingerprint density at radius 1 is 1.52 bits per heavy atom. The predicted molar refractivity (Wildman–Crippen MR) is 100 cm³/mol. The summed E-state index contributed by atoms with van der Waals surface area (Å²) in [6, 6.07) is 2.19. The van der Waals surface area contributed by atoms with Crippen molar-refractivity contribution in [3.8, 4) is 0 Å². The monoisotopic (exact) mass is 377 g/mol. The summed E-state index contributed by atoms with van der Waals surface area (Å²) in [5, 5.41) is 6.94. The molecule has 0 saturated carbocycles. The van der Waals surface area contributed by atoms with Crippen LogP contribution in [0.25, 0.3) is 0 Å². The summed E-state index contributed by atoms with van der Waals surface area (Å²) in [4.78, 5) is 20.0. The average molecular weight is 378 g/mol. The molecule has 1 spiro atoms. The van der Waals surface area contributed by atoms with E-state index in [-0.39, 0.29) is 11.5 Å². The van der Waals surface area contributed by atoms with Crippen LogP contribution in [0, 0.1) is 12.8 Å². The number of aromatic nitrogens is 1. The van der Waals surface area contributed by atoms with E-state index in [0.717, 1.165) is 39.1 Å². The Hall–Kier alpha value is -1.28. The first-order valence-electron chi connectivity index (χ1n) is 8.72. The first kappa shape index (κ1) is 17.1. The maximum atomic E-state index is 12.0. The van der Waals surface area contributed by atoms with E-state index < -0.39 is 0 Å². The van der Waals surface area contributed by atoms with Gasteiger partial charge in [0.1, 0.15) is 5.69 Å². The molecule has 5 nitrogen and oxygen atoms in total. The highest BCUT2D eigenvalue weighted by atomic mass is 32.1. The Bertz CT molecular complexity index is 723. The number of hydrogen-bond donors (Lipinski definition) is 1. The van der Waals surface area contributed by atoms with Gasteiger partial charge in [-0.15, -0.1) is 22.7 Å². The summed E-state index contributed by atoms with van der Waals surface area (Å²) in [5.74, 6) is 0.460. The van der Waals surface area contributed by atoms with E-state index in [9.17, 15) is 4.79 Å². The van der Waals surface area contributed by atoms with Crippen LogP contribution in [0.4, 0.5) is 0 Å². The zero-order chi connectivity index (χ0) is 17.3. The molecule has 4 heterocycles. The smallest absolute Gasteiger partial charge is 0.270 e.